The van der Waals surface area contributed by atoms with Crippen molar-refractivity contribution in [1.29, 1.82) is 0 Å². The molecule has 0 saturated heterocycles. The van der Waals surface area contributed by atoms with E-state index in [9.17, 15) is 13.2 Å². The molecule has 5 nitrogen and oxygen atoms in total. The number of aryl methyl sites for hydroxylation is 1. The monoisotopic (exact) mass is 466 g/mol. The molecule has 0 spiro atoms. The first kappa shape index (κ1) is 23.0. The van der Waals surface area contributed by atoms with E-state index in [0.717, 1.165) is 11.3 Å². The summed E-state index contributed by atoms with van der Waals surface area (Å²) in [5.41, 5.74) is 1.73. The summed E-state index contributed by atoms with van der Waals surface area (Å²) in [4.78, 5) is 12.4. The van der Waals surface area contributed by atoms with Gasteiger partial charge in [0.1, 0.15) is 4.90 Å². The van der Waals surface area contributed by atoms with E-state index >= 15 is 0 Å². The van der Waals surface area contributed by atoms with Crippen LogP contribution in [0, 0.1) is 6.92 Å². The summed E-state index contributed by atoms with van der Waals surface area (Å²) in [7, 11) is -3.92. The van der Waals surface area contributed by atoms with Crippen molar-refractivity contribution in [2.24, 2.45) is 0 Å². The second-order valence-corrected chi connectivity index (χ2v) is 11.0. The fourth-order valence-electron chi connectivity index (χ4n) is 3.41. The molecule has 162 valence electrons. The molecule has 2 aromatic rings. The molecule has 0 atom stereocenters. The third kappa shape index (κ3) is 6.40. The minimum Gasteiger partial charge on any atom is -0.351 e. The number of hydrogen-bond acceptors (Lipinski definition) is 4. The number of benzene rings is 2. The normalized spacial score (nSPS) is 15.0. The quantitative estimate of drug-likeness (QED) is 0.521. The molecule has 1 amide bonds. The standard InChI is InChI=1S/C22H27ClN2O3S2/c1-16-7-10-18(11-8-16)25-30(27,28)21-15-17(9-12-20(21)23)22(26)24-13-14-29-19-5-3-2-4-6-19/h7-12,15,19,25H,2-6,13-14H2,1H3,(H,24,26). The zero-order valence-corrected chi connectivity index (χ0v) is 19.4. The van der Waals surface area contributed by atoms with Crippen molar-refractivity contribution in [3.8, 4) is 0 Å². The maximum absolute atomic E-state index is 12.8. The van der Waals surface area contributed by atoms with Crippen molar-refractivity contribution in [3.63, 3.8) is 0 Å². The highest BCUT2D eigenvalue weighted by molar-refractivity contribution is 7.99. The Kier molecular flexibility index (Phi) is 8.08. The number of amides is 1. The highest BCUT2D eigenvalue weighted by atomic mass is 35.5. The predicted molar refractivity (Wildman–Crippen MR) is 125 cm³/mol. The van der Waals surface area contributed by atoms with Crippen LogP contribution in [-0.4, -0.2) is 31.9 Å². The molecule has 1 aliphatic rings. The number of carbonyl (C=O) groups excluding carboxylic acids is 1. The molecule has 0 aliphatic heterocycles. The molecule has 30 heavy (non-hydrogen) atoms. The fourth-order valence-corrected chi connectivity index (χ4v) is 6.21. The lowest BCUT2D eigenvalue weighted by molar-refractivity contribution is 0.0956. The van der Waals surface area contributed by atoms with Crippen molar-refractivity contribution in [3.05, 3.63) is 58.6 Å². The highest BCUT2D eigenvalue weighted by Crippen LogP contribution is 2.28. The second-order valence-electron chi connectivity index (χ2n) is 7.50. The lowest BCUT2D eigenvalue weighted by Gasteiger charge is -2.20. The van der Waals surface area contributed by atoms with Crippen LogP contribution in [0.3, 0.4) is 0 Å². The molecule has 8 heteroatoms. The van der Waals surface area contributed by atoms with Gasteiger partial charge < -0.3 is 5.32 Å². The van der Waals surface area contributed by atoms with Gasteiger partial charge in [-0.2, -0.15) is 11.8 Å². The average Bonchev–Trinajstić information content (AvgIpc) is 2.73. The summed E-state index contributed by atoms with van der Waals surface area (Å²) in [6, 6.07) is 11.3. The second kappa shape index (κ2) is 10.6. The van der Waals surface area contributed by atoms with E-state index in [1.807, 2.05) is 30.8 Å². The molecule has 2 N–H and O–H groups in total. The van der Waals surface area contributed by atoms with Crippen LogP contribution in [0.25, 0.3) is 0 Å². The Morgan fingerprint density at radius 1 is 1.10 bits per heavy atom. The largest absolute Gasteiger partial charge is 0.351 e. The van der Waals surface area contributed by atoms with Crippen molar-refractivity contribution >= 4 is 45.0 Å². The van der Waals surface area contributed by atoms with Crippen LogP contribution < -0.4 is 10.0 Å². The number of sulfonamides is 1. The van der Waals surface area contributed by atoms with Gasteiger partial charge >= 0.3 is 0 Å². The summed E-state index contributed by atoms with van der Waals surface area (Å²) in [6.45, 7) is 2.47. The Morgan fingerprint density at radius 3 is 2.50 bits per heavy atom. The summed E-state index contributed by atoms with van der Waals surface area (Å²) in [6.07, 6.45) is 6.43. The molecular weight excluding hydrogens is 440 g/mol. The number of rotatable bonds is 8. The first-order chi connectivity index (χ1) is 14.3. The topological polar surface area (TPSA) is 75.3 Å². The van der Waals surface area contributed by atoms with Crippen molar-refractivity contribution in [2.75, 3.05) is 17.0 Å². The number of carbonyl (C=O) groups is 1. The zero-order valence-electron chi connectivity index (χ0n) is 17.0. The van der Waals surface area contributed by atoms with Gasteiger partial charge in [0.2, 0.25) is 0 Å². The van der Waals surface area contributed by atoms with Gasteiger partial charge in [-0.3, -0.25) is 9.52 Å². The minimum atomic E-state index is -3.92. The number of halogens is 1. The molecule has 0 bridgehead atoms. The minimum absolute atomic E-state index is 0.0685. The summed E-state index contributed by atoms with van der Waals surface area (Å²) in [5.74, 6) is 0.548. The number of hydrogen-bond donors (Lipinski definition) is 2. The van der Waals surface area contributed by atoms with Crippen LogP contribution in [-0.2, 0) is 10.0 Å². The number of thioether (sulfide) groups is 1. The van der Waals surface area contributed by atoms with Gasteiger partial charge in [-0.25, -0.2) is 8.42 Å². The van der Waals surface area contributed by atoms with Crippen molar-refractivity contribution in [1.82, 2.24) is 5.32 Å². The van der Waals surface area contributed by atoms with Crippen molar-refractivity contribution < 1.29 is 13.2 Å². The number of anilines is 1. The maximum atomic E-state index is 12.8. The van der Waals surface area contributed by atoms with E-state index in [1.54, 1.807) is 12.1 Å². The predicted octanol–water partition coefficient (Wildman–Crippen LogP) is 5.24. The van der Waals surface area contributed by atoms with Gasteiger partial charge in [0.15, 0.2) is 0 Å². The molecule has 3 rings (SSSR count). The first-order valence-electron chi connectivity index (χ1n) is 10.1. The third-order valence-electron chi connectivity index (χ3n) is 5.08. The molecule has 2 aromatic carbocycles. The molecule has 0 unspecified atom stereocenters. The lowest BCUT2D eigenvalue weighted by atomic mass is 10.0. The lowest BCUT2D eigenvalue weighted by Crippen LogP contribution is -2.27. The molecular formula is C22H27ClN2O3S2. The zero-order chi connectivity index (χ0) is 21.6. The van der Waals surface area contributed by atoms with E-state index in [0.29, 0.717) is 17.5 Å². The summed E-state index contributed by atoms with van der Waals surface area (Å²) < 4.78 is 28.1. The Balaban J connectivity index is 1.61. The molecule has 0 aromatic heterocycles. The first-order valence-corrected chi connectivity index (χ1v) is 13.0. The van der Waals surface area contributed by atoms with Crippen LogP contribution in [0.15, 0.2) is 47.4 Å². The SMILES string of the molecule is Cc1ccc(NS(=O)(=O)c2cc(C(=O)NCCSC3CCCCC3)ccc2Cl)cc1. The smallest absolute Gasteiger partial charge is 0.263 e. The van der Waals surface area contributed by atoms with Gasteiger partial charge in [-0.05, 0) is 50.1 Å². The van der Waals surface area contributed by atoms with Crippen LogP contribution in [0.2, 0.25) is 5.02 Å². The molecule has 1 fully saturated rings. The van der Waals surface area contributed by atoms with E-state index < -0.39 is 10.0 Å². The van der Waals surface area contributed by atoms with E-state index in [-0.39, 0.29) is 21.4 Å². The van der Waals surface area contributed by atoms with E-state index in [4.69, 9.17) is 11.6 Å². The Morgan fingerprint density at radius 2 is 1.80 bits per heavy atom. The molecule has 0 radical (unpaired) electrons. The van der Waals surface area contributed by atoms with Crippen LogP contribution in [0.5, 0.6) is 0 Å². The maximum Gasteiger partial charge on any atom is 0.263 e. The van der Waals surface area contributed by atoms with Gasteiger partial charge in [-0.15, -0.1) is 0 Å². The molecule has 1 saturated carbocycles. The Labute approximate surface area is 188 Å². The molecule has 1 aliphatic carbocycles. The van der Waals surface area contributed by atoms with Crippen LogP contribution in [0.1, 0.15) is 48.0 Å². The van der Waals surface area contributed by atoms with Crippen LogP contribution in [0.4, 0.5) is 5.69 Å². The van der Waals surface area contributed by atoms with Gasteiger partial charge in [-0.1, -0.05) is 48.6 Å². The van der Waals surface area contributed by atoms with Crippen LogP contribution >= 0.6 is 23.4 Å². The van der Waals surface area contributed by atoms with Gasteiger partial charge in [0, 0.05) is 28.8 Å². The average molecular weight is 467 g/mol. The fraction of sp³-hybridized carbons (Fsp3) is 0.409. The van der Waals surface area contributed by atoms with Gasteiger partial charge in [0.05, 0.1) is 5.02 Å². The van der Waals surface area contributed by atoms with Crippen molar-refractivity contribution in [2.45, 2.75) is 49.2 Å². The third-order valence-corrected chi connectivity index (χ3v) is 8.33. The highest BCUT2D eigenvalue weighted by Gasteiger charge is 2.20. The molecule has 0 heterocycles. The van der Waals surface area contributed by atoms with E-state index in [2.05, 4.69) is 10.0 Å². The van der Waals surface area contributed by atoms with Gasteiger partial charge in [0.25, 0.3) is 15.9 Å². The summed E-state index contributed by atoms with van der Waals surface area (Å²) >= 11 is 8.04. The Hall–Kier alpha value is -1.70. The Bertz CT molecular complexity index is 972. The number of nitrogens with one attached hydrogen (secondary N) is 2. The van der Waals surface area contributed by atoms with E-state index in [1.165, 1.54) is 50.3 Å². The summed E-state index contributed by atoms with van der Waals surface area (Å²) in [5, 5.41) is 3.63.